The van der Waals surface area contributed by atoms with E-state index in [9.17, 15) is 17.1 Å². The van der Waals surface area contributed by atoms with Crippen LogP contribution in [0.4, 0.5) is 0 Å². The van der Waals surface area contributed by atoms with Crippen molar-refractivity contribution in [3.8, 4) is 0 Å². The van der Waals surface area contributed by atoms with E-state index in [0.29, 0.717) is 6.08 Å². The molecule has 0 fully saturated rings. The molecule has 0 bridgehead atoms. The van der Waals surface area contributed by atoms with E-state index in [4.69, 9.17) is 0 Å². The second-order valence-electron chi connectivity index (χ2n) is 1.50. The summed E-state index contributed by atoms with van der Waals surface area (Å²) in [5.41, 5.74) is 0. The van der Waals surface area contributed by atoms with Crippen LogP contribution in [0, 0.1) is 0 Å². The summed E-state index contributed by atoms with van der Waals surface area (Å²) in [7, 11) is 0. The quantitative estimate of drug-likeness (QED) is 0.307. The third kappa shape index (κ3) is 1.13. The van der Waals surface area contributed by atoms with E-state index in [0.717, 1.165) is 0 Å². The van der Waals surface area contributed by atoms with Crippen molar-refractivity contribution in [3.05, 3.63) is 10.4 Å². The van der Waals surface area contributed by atoms with Crippen molar-refractivity contribution in [2.45, 2.75) is 0 Å². The first-order valence-electron chi connectivity index (χ1n) is 2.23. The van der Waals surface area contributed by atoms with Crippen molar-refractivity contribution < 1.29 is 21.8 Å². The fraction of sp³-hybridized carbons (Fsp3) is 0. The molecule has 52 valence electrons. The van der Waals surface area contributed by atoms with Crippen LogP contribution in [-0.4, -0.2) is 26.5 Å². The minimum absolute atomic E-state index is 0.502. The monoisotopic (exact) mass is 204 g/mol. The van der Waals surface area contributed by atoms with Gasteiger partial charge in [0.15, 0.2) is 0 Å². The molecule has 1 aliphatic rings. The molecule has 0 saturated carbocycles. The van der Waals surface area contributed by atoms with Gasteiger partial charge in [-0.25, -0.2) is 0 Å². The standard InChI is InChI=1S/C4HAsO5/c6-3-1-2(5(8)9)4(7)10-3/h1H. The topological polar surface area (TPSA) is 77.5 Å². The number of cyclic esters (lactones) is 2. The van der Waals surface area contributed by atoms with Gasteiger partial charge in [0.25, 0.3) is 0 Å². The Bertz CT molecular complexity index is 289. The average Bonchev–Trinajstić information content (AvgIpc) is 2.10. The summed E-state index contributed by atoms with van der Waals surface area (Å²) in [5, 5.41) is 0. The molecule has 0 saturated heterocycles. The molecule has 5 nitrogen and oxygen atoms in total. The first-order valence-corrected chi connectivity index (χ1v) is 4.70. The number of hydrogen-bond acceptors (Lipinski definition) is 5. The maximum atomic E-state index is 10.4. The van der Waals surface area contributed by atoms with Crippen molar-refractivity contribution in [2.75, 3.05) is 0 Å². The predicted molar refractivity (Wildman–Crippen MR) is 26.3 cm³/mol. The van der Waals surface area contributed by atoms with Gasteiger partial charge in [0.2, 0.25) is 0 Å². The SMILES string of the molecule is O=C1C=C([As](=O)=O)C(=O)O1. The number of esters is 2. The van der Waals surface area contributed by atoms with Gasteiger partial charge in [-0.05, 0) is 0 Å². The molecule has 1 rings (SSSR count). The Morgan fingerprint density at radius 1 is 1.30 bits per heavy atom. The van der Waals surface area contributed by atoms with E-state index in [1.807, 2.05) is 0 Å². The molecular formula is C4HAsO5. The van der Waals surface area contributed by atoms with Crippen molar-refractivity contribution in [2.24, 2.45) is 0 Å². The fourth-order valence-corrected chi connectivity index (χ4v) is 1.32. The van der Waals surface area contributed by atoms with Gasteiger partial charge in [-0.2, -0.15) is 0 Å². The Morgan fingerprint density at radius 2 is 1.90 bits per heavy atom. The Balaban J connectivity index is 3.07. The van der Waals surface area contributed by atoms with Crippen LogP contribution < -0.4 is 0 Å². The molecule has 0 aliphatic carbocycles. The molecular weight excluding hydrogens is 203 g/mol. The number of ether oxygens (including phenoxy) is 1. The van der Waals surface area contributed by atoms with Crippen molar-refractivity contribution in [3.63, 3.8) is 0 Å². The zero-order valence-electron chi connectivity index (χ0n) is 4.57. The zero-order chi connectivity index (χ0) is 7.72. The van der Waals surface area contributed by atoms with E-state index in [2.05, 4.69) is 4.74 Å². The molecule has 0 aromatic rings. The molecule has 1 heterocycles. The number of carbonyl (C=O) groups is 2. The molecule has 0 spiro atoms. The summed E-state index contributed by atoms with van der Waals surface area (Å²) in [6, 6.07) is 0. The third-order valence-electron chi connectivity index (χ3n) is 0.854. The molecule has 0 unspecified atom stereocenters. The maximum absolute atomic E-state index is 10.4. The molecule has 10 heavy (non-hydrogen) atoms. The van der Waals surface area contributed by atoms with Gasteiger partial charge >= 0.3 is 58.7 Å². The summed E-state index contributed by atoms with van der Waals surface area (Å²) < 4.78 is 23.7. The van der Waals surface area contributed by atoms with Gasteiger partial charge in [-0.15, -0.1) is 0 Å². The van der Waals surface area contributed by atoms with E-state index in [1.54, 1.807) is 0 Å². The second kappa shape index (κ2) is 2.34. The van der Waals surface area contributed by atoms with Crippen LogP contribution >= 0.6 is 0 Å². The van der Waals surface area contributed by atoms with Crippen molar-refractivity contribution in [1.82, 2.24) is 0 Å². The third-order valence-corrected chi connectivity index (χ3v) is 2.33. The van der Waals surface area contributed by atoms with Crippen molar-refractivity contribution >= 4 is 26.5 Å². The molecule has 0 aromatic carbocycles. The normalized spacial score (nSPS) is 16.6. The van der Waals surface area contributed by atoms with Gasteiger partial charge in [-0.1, -0.05) is 0 Å². The van der Waals surface area contributed by atoms with Crippen LogP contribution in [-0.2, 0) is 21.8 Å². The minimum atomic E-state index is -3.71. The van der Waals surface area contributed by atoms with Crippen LogP contribution in [0.5, 0.6) is 0 Å². The molecule has 0 amide bonds. The Labute approximate surface area is 59.4 Å². The van der Waals surface area contributed by atoms with Crippen molar-refractivity contribution in [1.29, 1.82) is 0 Å². The van der Waals surface area contributed by atoms with Gasteiger partial charge in [-0.3, -0.25) is 0 Å². The van der Waals surface area contributed by atoms with E-state index in [-0.39, 0.29) is 0 Å². The molecule has 0 radical (unpaired) electrons. The molecule has 0 atom stereocenters. The van der Waals surface area contributed by atoms with E-state index < -0.39 is 30.8 Å². The first kappa shape index (κ1) is 7.15. The molecule has 0 N–H and O–H groups in total. The van der Waals surface area contributed by atoms with Gasteiger partial charge < -0.3 is 0 Å². The average molecular weight is 204 g/mol. The summed E-state index contributed by atoms with van der Waals surface area (Å²) in [5.74, 6) is -1.97. The Kier molecular flexibility index (Phi) is 1.67. The van der Waals surface area contributed by atoms with E-state index in [1.165, 1.54) is 0 Å². The van der Waals surface area contributed by atoms with Crippen LogP contribution in [0.1, 0.15) is 0 Å². The molecule has 1 aliphatic heterocycles. The van der Waals surface area contributed by atoms with Crippen LogP contribution in [0.25, 0.3) is 0 Å². The number of carbonyl (C=O) groups excluding carboxylic acids is 2. The Morgan fingerprint density at radius 3 is 2.10 bits per heavy atom. The van der Waals surface area contributed by atoms with Gasteiger partial charge in [0.1, 0.15) is 0 Å². The predicted octanol–water partition coefficient (Wildman–Crippen LogP) is -1.12. The van der Waals surface area contributed by atoms with Crippen LogP contribution in [0.2, 0.25) is 0 Å². The molecule has 6 heteroatoms. The number of rotatable bonds is 1. The van der Waals surface area contributed by atoms with Gasteiger partial charge in [0.05, 0.1) is 0 Å². The summed E-state index contributed by atoms with van der Waals surface area (Å²) in [6.07, 6.45) is 0.683. The van der Waals surface area contributed by atoms with Crippen LogP contribution in [0.3, 0.4) is 0 Å². The molecule has 0 aromatic heterocycles. The number of hydrogen-bond donors (Lipinski definition) is 0. The van der Waals surface area contributed by atoms with E-state index >= 15 is 0 Å². The fourth-order valence-electron chi connectivity index (χ4n) is 0.471. The Hall–Kier alpha value is -0.962. The van der Waals surface area contributed by atoms with Crippen LogP contribution in [0.15, 0.2) is 10.4 Å². The zero-order valence-corrected chi connectivity index (χ0v) is 6.44. The summed E-state index contributed by atoms with van der Waals surface area (Å²) >= 11 is -3.71. The summed E-state index contributed by atoms with van der Waals surface area (Å²) in [6.45, 7) is 0. The summed E-state index contributed by atoms with van der Waals surface area (Å²) in [4.78, 5) is 20.5. The second-order valence-corrected chi connectivity index (χ2v) is 3.58. The van der Waals surface area contributed by atoms with Gasteiger partial charge in [0, 0.05) is 0 Å². The first-order chi connectivity index (χ1) is 4.61.